The Bertz CT molecular complexity index is 670. The molecule has 1 atom stereocenters. The van der Waals surface area contributed by atoms with E-state index < -0.39 is 0 Å². The second kappa shape index (κ2) is 7.81. The van der Waals surface area contributed by atoms with Gasteiger partial charge in [-0.3, -0.25) is 9.78 Å². The topological polar surface area (TPSA) is 62.2 Å². The van der Waals surface area contributed by atoms with Crippen molar-refractivity contribution in [2.75, 3.05) is 6.26 Å². The molecule has 3 rings (SSSR count). The van der Waals surface area contributed by atoms with E-state index in [2.05, 4.69) is 10.3 Å². The maximum atomic E-state index is 12.6. The van der Waals surface area contributed by atoms with Crippen LogP contribution in [0.1, 0.15) is 28.9 Å². The van der Waals surface area contributed by atoms with E-state index in [9.17, 15) is 9.90 Å². The predicted molar refractivity (Wildman–Crippen MR) is 96.1 cm³/mol. The molecule has 1 saturated carbocycles. The largest absolute Gasteiger partial charge is 0.393 e. The van der Waals surface area contributed by atoms with E-state index in [1.807, 2.05) is 48.7 Å². The van der Waals surface area contributed by atoms with Crippen molar-refractivity contribution >= 4 is 17.7 Å². The molecule has 1 heterocycles. The molecule has 2 aromatic rings. The molecule has 126 valence electrons. The lowest BCUT2D eigenvalue weighted by Gasteiger charge is -2.38. The summed E-state index contributed by atoms with van der Waals surface area (Å²) in [5, 5.41) is 12.8. The van der Waals surface area contributed by atoms with Crippen molar-refractivity contribution in [2.45, 2.75) is 36.3 Å². The average Bonchev–Trinajstić information content (AvgIpc) is 2.59. The molecule has 0 bridgehead atoms. The van der Waals surface area contributed by atoms with E-state index in [1.54, 1.807) is 18.0 Å². The van der Waals surface area contributed by atoms with Crippen LogP contribution < -0.4 is 5.32 Å². The number of hydrogen-bond donors (Lipinski definition) is 2. The molecule has 0 radical (unpaired) electrons. The quantitative estimate of drug-likeness (QED) is 0.793. The smallest absolute Gasteiger partial charge is 0.251 e. The maximum Gasteiger partial charge on any atom is 0.251 e. The fraction of sp³-hybridized carbons (Fsp3) is 0.368. The monoisotopic (exact) mass is 342 g/mol. The van der Waals surface area contributed by atoms with Gasteiger partial charge >= 0.3 is 0 Å². The van der Waals surface area contributed by atoms with Gasteiger partial charge in [0.2, 0.25) is 0 Å². The summed E-state index contributed by atoms with van der Waals surface area (Å²) in [5.41, 5.74) is 1.63. The van der Waals surface area contributed by atoms with Crippen molar-refractivity contribution in [3.05, 3.63) is 59.9 Å². The number of rotatable bonds is 6. The first-order chi connectivity index (χ1) is 11.7. The Morgan fingerprint density at radius 3 is 2.62 bits per heavy atom. The predicted octanol–water partition coefficient (Wildman–Crippen LogP) is 2.92. The molecule has 4 nitrogen and oxygen atoms in total. The highest BCUT2D eigenvalue weighted by molar-refractivity contribution is 7.98. The Hall–Kier alpha value is -1.85. The number of thioether (sulfide) groups is 1. The number of nitrogens with zero attached hydrogens (tertiary/aromatic N) is 1. The molecule has 0 saturated heterocycles. The lowest BCUT2D eigenvalue weighted by Crippen LogP contribution is -2.48. The number of carbonyl (C=O) groups excluding carboxylic acids is 1. The van der Waals surface area contributed by atoms with Crippen LogP contribution in [-0.2, 0) is 6.42 Å². The summed E-state index contributed by atoms with van der Waals surface area (Å²) in [6, 6.07) is 13.4. The van der Waals surface area contributed by atoms with Gasteiger partial charge in [-0.15, -0.1) is 11.8 Å². The average molecular weight is 342 g/mol. The standard InChI is InChI=1S/C19H22N2O2S/c1-24-17-7-5-13(6-8-17)19(23)21-18(14-10-16(22)11-14)12-15-4-2-3-9-20-15/h2-9,14,16,18,22H,10-12H2,1H3,(H,21,23)/t14?,16?,18-/m0/s1. The minimum absolute atomic E-state index is 0.00368. The molecule has 1 aliphatic rings. The molecule has 0 aliphatic heterocycles. The lowest BCUT2D eigenvalue weighted by molar-refractivity contribution is 0.0238. The molecule has 5 heteroatoms. The third-order valence-electron chi connectivity index (χ3n) is 4.54. The SMILES string of the molecule is CSc1ccc(C(=O)N[C@@H](Cc2ccccn2)C2CC(O)C2)cc1. The molecule has 24 heavy (non-hydrogen) atoms. The Labute approximate surface area is 146 Å². The van der Waals surface area contributed by atoms with Crippen LogP contribution in [0.3, 0.4) is 0 Å². The van der Waals surface area contributed by atoms with Gasteiger partial charge in [-0.05, 0) is 61.4 Å². The van der Waals surface area contributed by atoms with Gasteiger partial charge in [-0.2, -0.15) is 0 Å². The van der Waals surface area contributed by atoms with E-state index in [0.29, 0.717) is 17.9 Å². The summed E-state index contributed by atoms with van der Waals surface area (Å²) in [5.74, 6) is 0.237. The van der Waals surface area contributed by atoms with Crippen molar-refractivity contribution < 1.29 is 9.90 Å². The first kappa shape index (κ1) is 17.0. The highest BCUT2D eigenvalue weighted by Gasteiger charge is 2.35. The highest BCUT2D eigenvalue weighted by Crippen LogP contribution is 2.31. The van der Waals surface area contributed by atoms with Crippen molar-refractivity contribution in [1.29, 1.82) is 0 Å². The molecule has 1 fully saturated rings. The molecule has 1 aliphatic carbocycles. The van der Waals surface area contributed by atoms with Gasteiger partial charge in [0.15, 0.2) is 0 Å². The second-order valence-corrected chi connectivity index (χ2v) is 7.10. The van der Waals surface area contributed by atoms with E-state index in [-0.39, 0.29) is 18.1 Å². The molecular weight excluding hydrogens is 320 g/mol. The van der Waals surface area contributed by atoms with E-state index in [4.69, 9.17) is 0 Å². The van der Waals surface area contributed by atoms with Crippen LogP contribution in [0.2, 0.25) is 0 Å². The molecule has 2 N–H and O–H groups in total. The van der Waals surface area contributed by atoms with Crippen molar-refractivity contribution in [2.24, 2.45) is 5.92 Å². The van der Waals surface area contributed by atoms with Gasteiger partial charge < -0.3 is 10.4 Å². The minimum atomic E-state index is -0.237. The maximum absolute atomic E-state index is 12.6. The molecule has 1 aromatic heterocycles. The number of amides is 1. The summed E-state index contributed by atoms with van der Waals surface area (Å²) < 4.78 is 0. The molecule has 0 unspecified atom stereocenters. The normalized spacial score (nSPS) is 20.9. The number of nitrogens with one attached hydrogen (secondary N) is 1. The Morgan fingerprint density at radius 1 is 1.29 bits per heavy atom. The van der Waals surface area contributed by atoms with Gasteiger partial charge in [-0.25, -0.2) is 0 Å². The van der Waals surface area contributed by atoms with Gasteiger partial charge in [0, 0.05) is 34.8 Å². The van der Waals surface area contributed by atoms with Crippen molar-refractivity contribution in [3.63, 3.8) is 0 Å². The first-order valence-corrected chi connectivity index (χ1v) is 9.41. The molecule has 1 aromatic carbocycles. The summed E-state index contributed by atoms with van der Waals surface area (Å²) in [6.45, 7) is 0. The zero-order valence-corrected chi connectivity index (χ0v) is 14.5. The van der Waals surface area contributed by atoms with Crippen LogP contribution in [0.4, 0.5) is 0 Å². The summed E-state index contributed by atoms with van der Waals surface area (Å²) in [7, 11) is 0. The molecule has 1 amide bonds. The Kier molecular flexibility index (Phi) is 5.53. The number of pyridine rings is 1. The van der Waals surface area contributed by atoms with Gasteiger partial charge in [-0.1, -0.05) is 6.07 Å². The zero-order chi connectivity index (χ0) is 16.9. The number of aliphatic hydroxyl groups excluding tert-OH is 1. The number of hydrogen-bond acceptors (Lipinski definition) is 4. The fourth-order valence-corrected chi connectivity index (χ4v) is 3.44. The van der Waals surface area contributed by atoms with Gasteiger partial charge in [0.05, 0.1) is 6.10 Å². The van der Waals surface area contributed by atoms with Crippen LogP contribution in [0.25, 0.3) is 0 Å². The second-order valence-electron chi connectivity index (χ2n) is 6.22. The van der Waals surface area contributed by atoms with E-state index >= 15 is 0 Å². The van der Waals surface area contributed by atoms with Crippen molar-refractivity contribution in [3.8, 4) is 0 Å². The summed E-state index contributed by atoms with van der Waals surface area (Å²) >= 11 is 1.66. The number of aromatic nitrogens is 1. The zero-order valence-electron chi connectivity index (χ0n) is 13.7. The fourth-order valence-electron chi connectivity index (χ4n) is 3.03. The van der Waals surface area contributed by atoms with Crippen LogP contribution in [-0.4, -0.2) is 34.4 Å². The van der Waals surface area contributed by atoms with Crippen molar-refractivity contribution in [1.82, 2.24) is 10.3 Å². The van der Waals surface area contributed by atoms with Gasteiger partial charge in [0.1, 0.15) is 0 Å². The van der Waals surface area contributed by atoms with Crippen LogP contribution in [0.5, 0.6) is 0 Å². The lowest BCUT2D eigenvalue weighted by atomic mass is 9.76. The third kappa shape index (κ3) is 4.16. The van der Waals surface area contributed by atoms with E-state index in [0.717, 1.165) is 23.4 Å². The van der Waals surface area contributed by atoms with Crippen LogP contribution in [0.15, 0.2) is 53.6 Å². The number of aliphatic hydroxyl groups is 1. The Balaban J connectivity index is 1.69. The summed E-state index contributed by atoms with van der Waals surface area (Å²) in [4.78, 5) is 18.1. The van der Waals surface area contributed by atoms with Crippen LogP contribution in [0, 0.1) is 5.92 Å². The third-order valence-corrected chi connectivity index (χ3v) is 5.29. The number of benzene rings is 1. The first-order valence-electron chi connectivity index (χ1n) is 8.18. The van der Waals surface area contributed by atoms with E-state index in [1.165, 1.54) is 0 Å². The minimum Gasteiger partial charge on any atom is -0.393 e. The van der Waals surface area contributed by atoms with Crippen LogP contribution >= 0.6 is 11.8 Å². The Morgan fingerprint density at radius 2 is 2.04 bits per heavy atom. The highest BCUT2D eigenvalue weighted by atomic mass is 32.2. The number of carbonyl (C=O) groups is 1. The van der Waals surface area contributed by atoms with Gasteiger partial charge in [0.25, 0.3) is 5.91 Å². The molecule has 0 spiro atoms. The summed E-state index contributed by atoms with van der Waals surface area (Å²) in [6.07, 6.45) is 5.71. The molecular formula is C19H22N2O2S.